The highest BCUT2D eigenvalue weighted by molar-refractivity contribution is 5.28. The number of hydrogen-bond acceptors (Lipinski definition) is 1. The van der Waals surface area contributed by atoms with Gasteiger partial charge in [0.2, 0.25) is 0 Å². The number of allylic oxidation sites excluding steroid dienone is 2. The summed E-state index contributed by atoms with van der Waals surface area (Å²) < 4.78 is 0. The van der Waals surface area contributed by atoms with E-state index >= 15 is 0 Å². The zero-order chi connectivity index (χ0) is 9.68. The maximum Gasteiger partial charge on any atom is 0.115 e. The normalized spacial score (nSPS) is 13.4. The third-order valence-corrected chi connectivity index (χ3v) is 2.19. The maximum absolute atomic E-state index is 9.10. The van der Waals surface area contributed by atoms with Crippen LogP contribution in [0.3, 0.4) is 0 Å². The fraction of sp³-hybridized carbons (Fsp3) is 0.333. The monoisotopic (exact) mass is 176 g/mol. The lowest BCUT2D eigenvalue weighted by atomic mass is 9.98. The number of phenols is 1. The highest BCUT2D eigenvalue weighted by Gasteiger charge is 2.02. The van der Waals surface area contributed by atoms with Crippen LogP contribution in [0.1, 0.15) is 31.7 Å². The third kappa shape index (κ3) is 2.94. The van der Waals surface area contributed by atoms with E-state index in [0.717, 1.165) is 6.42 Å². The van der Waals surface area contributed by atoms with E-state index in [-0.39, 0.29) is 0 Å². The molecular weight excluding hydrogens is 160 g/mol. The first-order valence-corrected chi connectivity index (χ1v) is 4.64. The predicted octanol–water partition coefficient (Wildman–Crippen LogP) is 3.46. The second-order valence-electron chi connectivity index (χ2n) is 3.30. The van der Waals surface area contributed by atoms with Crippen molar-refractivity contribution in [3.8, 4) is 5.75 Å². The molecule has 0 spiro atoms. The van der Waals surface area contributed by atoms with E-state index in [1.54, 1.807) is 12.1 Å². The molecule has 0 fully saturated rings. The molecule has 0 bridgehead atoms. The lowest BCUT2D eigenvalue weighted by Gasteiger charge is -2.08. The van der Waals surface area contributed by atoms with E-state index in [0.29, 0.717) is 11.7 Å². The van der Waals surface area contributed by atoms with Crippen molar-refractivity contribution in [1.82, 2.24) is 0 Å². The molecule has 1 nitrogen and oxygen atoms in total. The van der Waals surface area contributed by atoms with Gasteiger partial charge in [0.15, 0.2) is 0 Å². The quantitative estimate of drug-likeness (QED) is 0.699. The first kappa shape index (κ1) is 9.85. The van der Waals surface area contributed by atoms with Crippen LogP contribution in [0.4, 0.5) is 0 Å². The van der Waals surface area contributed by atoms with Crippen molar-refractivity contribution in [2.75, 3.05) is 0 Å². The summed E-state index contributed by atoms with van der Waals surface area (Å²) in [6.07, 6.45) is 5.29. The molecule has 1 aromatic rings. The zero-order valence-electron chi connectivity index (χ0n) is 8.20. The molecule has 1 atom stereocenters. The number of aromatic hydroxyl groups is 1. The van der Waals surface area contributed by atoms with E-state index in [1.165, 1.54) is 5.56 Å². The second-order valence-corrected chi connectivity index (χ2v) is 3.30. The molecular formula is C12H16O. The number of phenolic OH excluding ortho intramolecular Hbond substituents is 1. The summed E-state index contributed by atoms with van der Waals surface area (Å²) in [4.78, 5) is 0. The fourth-order valence-corrected chi connectivity index (χ4v) is 1.28. The molecule has 0 amide bonds. The first-order valence-electron chi connectivity index (χ1n) is 4.64. The maximum atomic E-state index is 9.10. The minimum atomic E-state index is 0.335. The Kier molecular flexibility index (Phi) is 3.56. The van der Waals surface area contributed by atoms with Gasteiger partial charge in [0.25, 0.3) is 0 Å². The van der Waals surface area contributed by atoms with Crippen molar-refractivity contribution in [3.63, 3.8) is 0 Å². The number of benzene rings is 1. The van der Waals surface area contributed by atoms with Crippen LogP contribution in [0.25, 0.3) is 0 Å². The Morgan fingerprint density at radius 1 is 1.31 bits per heavy atom. The highest BCUT2D eigenvalue weighted by atomic mass is 16.3. The van der Waals surface area contributed by atoms with Crippen molar-refractivity contribution < 1.29 is 5.11 Å². The van der Waals surface area contributed by atoms with Crippen molar-refractivity contribution >= 4 is 0 Å². The smallest absolute Gasteiger partial charge is 0.115 e. The summed E-state index contributed by atoms with van der Waals surface area (Å²) in [7, 11) is 0. The summed E-state index contributed by atoms with van der Waals surface area (Å²) >= 11 is 0. The standard InChI is InChI=1S/C12H16O/c1-3-4-5-10(2)11-6-8-12(13)9-7-11/h3-4,6-10,13H,5H2,1-2H3. The minimum Gasteiger partial charge on any atom is -0.508 e. The van der Waals surface area contributed by atoms with Gasteiger partial charge in [0, 0.05) is 0 Å². The molecule has 70 valence electrons. The first-order chi connectivity index (χ1) is 6.24. The van der Waals surface area contributed by atoms with Crippen molar-refractivity contribution in [3.05, 3.63) is 42.0 Å². The molecule has 1 heteroatoms. The van der Waals surface area contributed by atoms with Crippen LogP contribution >= 0.6 is 0 Å². The fourth-order valence-electron chi connectivity index (χ4n) is 1.28. The summed E-state index contributed by atoms with van der Waals surface area (Å²) in [6, 6.07) is 7.43. The predicted molar refractivity (Wildman–Crippen MR) is 56.0 cm³/mol. The average molecular weight is 176 g/mol. The Morgan fingerprint density at radius 2 is 1.92 bits per heavy atom. The average Bonchev–Trinajstić information content (AvgIpc) is 2.15. The summed E-state index contributed by atoms with van der Waals surface area (Å²) in [6.45, 7) is 4.22. The molecule has 1 aromatic carbocycles. The Hall–Kier alpha value is -1.24. The molecule has 0 aliphatic heterocycles. The highest BCUT2D eigenvalue weighted by Crippen LogP contribution is 2.21. The van der Waals surface area contributed by atoms with Gasteiger partial charge in [0.1, 0.15) is 5.75 Å². The molecule has 0 aliphatic rings. The van der Waals surface area contributed by atoms with Gasteiger partial charge in [-0.2, -0.15) is 0 Å². The Labute approximate surface area is 79.7 Å². The molecule has 13 heavy (non-hydrogen) atoms. The van der Waals surface area contributed by atoms with Crippen LogP contribution in [0.15, 0.2) is 36.4 Å². The Morgan fingerprint density at radius 3 is 2.46 bits per heavy atom. The topological polar surface area (TPSA) is 20.2 Å². The van der Waals surface area contributed by atoms with Crippen LogP contribution in [0.5, 0.6) is 5.75 Å². The van der Waals surface area contributed by atoms with Crippen molar-refractivity contribution in [2.24, 2.45) is 0 Å². The second kappa shape index (κ2) is 4.70. The van der Waals surface area contributed by atoms with Crippen LogP contribution in [0.2, 0.25) is 0 Å². The molecule has 0 heterocycles. The van der Waals surface area contributed by atoms with Gasteiger partial charge in [-0.1, -0.05) is 31.2 Å². The van der Waals surface area contributed by atoms with E-state index in [4.69, 9.17) is 5.11 Å². The molecule has 0 saturated carbocycles. The van der Waals surface area contributed by atoms with Gasteiger partial charge in [-0.25, -0.2) is 0 Å². The molecule has 0 aliphatic carbocycles. The molecule has 1 rings (SSSR count). The Balaban J connectivity index is 2.66. The van der Waals surface area contributed by atoms with Crippen molar-refractivity contribution in [1.29, 1.82) is 0 Å². The van der Waals surface area contributed by atoms with Crippen LogP contribution in [-0.4, -0.2) is 5.11 Å². The number of hydrogen-bond donors (Lipinski definition) is 1. The molecule has 1 N–H and O–H groups in total. The van der Waals surface area contributed by atoms with Gasteiger partial charge < -0.3 is 5.11 Å². The van der Waals surface area contributed by atoms with Gasteiger partial charge in [0.05, 0.1) is 0 Å². The third-order valence-electron chi connectivity index (χ3n) is 2.19. The van der Waals surface area contributed by atoms with Gasteiger partial charge in [-0.15, -0.1) is 0 Å². The lowest BCUT2D eigenvalue weighted by molar-refractivity contribution is 0.475. The van der Waals surface area contributed by atoms with Gasteiger partial charge in [-0.3, -0.25) is 0 Å². The van der Waals surface area contributed by atoms with Crippen LogP contribution in [0, 0.1) is 0 Å². The molecule has 0 aromatic heterocycles. The SMILES string of the molecule is CC=CCC(C)c1ccc(O)cc1. The van der Waals surface area contributed by atoms with Gasteiger partial charge >= 0.3 is 0 Å². The molecule has 1 unspecified atom stereocenters. The van der Waals surface area contributed by atoms with Crippen LogP contribution in [-0.2, 0) is 0 Å². The summed E-state index contributed by atoms with van der Waals surface area (Å²) in [5, 5.41) is 9.10. The van der Waals surface area contributed by atoms with E-state index < -0.39 is 0 Å². The van der Waals surface area contributed by atoms with Gasteiger partial charge in [-0.05, 0) is 37.0 Å². The summed E-state index contributed by atoms with van der Waals surface area (Å²) in [5.41, 5.74) is 1.27. The molecule has 0 saturated heterocycles. The lowest BCUT2D eigenvalue weighted by Crippen LogP contribution is -1.90. The van der Waals surface area contributed by atoms with E-state index in [1.807, 2.05) is 19.1 Å². The zero-order valence-corrected chi connectivity index (χ0v) is 8.20. The number of rotatable bonds is 3. The molecule has 0 radical (unpaired) electrons. The minimum absolute atomic E-state index is 0.335. The Bertz CT molecular complexity index is 272. The van der Waals surface area contributed by atoms with E-state index in [9.17, 15) is 0 Å². The summed E-state index contributed by atoms with van der Waals surface area (Å²) in [5.74, 6) is 0.860. The van der Waals surface area contributed by atoms with Crippen LogP contribution < -0.4 is 0 Å². The van der Waals surface area contributed by atoms with E-state index in [2.05, 4.69) is 19.1 Å². The van der Waals surface area contributed by atoms with Crippen molar-refractivity contribution in [2.45, 2.75) is 26.2 Å². The largest absolute Gasteiger partial charge is 0.508 e.